The maximum Gasteiger partial charge on any atom is 0.408 e. The molecule has 0 saturated heterocycles. The summed E-state index contributed by atoms with van der Waals surface area (Å²) in [7, 11) is 1.24. The highest BCUT2D eigenvalue weighted by molar-refractivity contribution is 8.13. The van der Waals surface area contributed by atoms with Crippen molar-refractivity contribution in [3.8, 4) is 0 Å². The van der Waals surface area contributed by atoms with Crippen molar-refractivity contribution < 1.29 is 23.9 Å². The van der Waals surface area contributed by atoms with Crippen LogP contribution in [-0.2, 0) is 25.5 Å². The van der Waals surface area contributed by atoms with Crippen LogP contribution in [-0.4, -0.2) is 36.1 Å². The van der Waals surface area contributed by atoms with Crippen LogP contribution in [0.25, 0.3) is 0 Å². The molecule has 2 aromatic carbocycles. The molecule has 2 rings (SSSR count). The molecule has 1 amide bonds. The summed E-state index contributed by atoms with van der Waals surface area (Å²) in [5, 5.41) is 2.75. The fourth-order valence-corrected chi connectivity index (χ4v) is 3.41. The van der Waals surface area contributed by atoms with Gasteiger partial charge in [0.05, 0.1) is 7.11 Å². The van der Waals surface area contributed by atoms with Gasteiger partial charge in [-0.15, -0.1) is 0 Å². The van der Waals surface area contributed by atoms with Crippen LogP contribution >= 0.6 is 11.8 Å². The number of esters is 1. The molecule has 2 atom stereocenters. The van der Waals surface area contributed by atoms with E-state index in [-0.39, 0.29) is 11.2 Å². The number of thioether (sulfide) groups is 1. The molecule has 6 nitrogen and oxygen atoms in total. The number of hydrogen-bond donors (Lipinski definition) is 1. The van der Waals surface area contributed by atoms with Crippen molar-refractivity contribution in [2.45, 2.75) is 32.4 Å². The van der Waals surface area contributed by atoms with Gasteiger partial charge < -0.3 is 14.8 Å². The Bertz CT molecular complexity index is 840. The first kappa shape index (κ1) is 22.5. The van der Waals surface area contributed by atoms with Crippen LogP contribution < -0.4 is 5.32 Å². The van der Waals surface area contributed by atoms with E-state index in [4.69, 9.17) is 9.47 Å². The zero-order valence-electron chi connectivity index (χ0n) is 16.7. The fraction of sp³-hybridized carbons (Fsp3) is 0.318. The van der Waals surface area contributed by atoms with Crippen LogP contribution in [0.15, 0.2) is 54.6 Å². The molecule has 154 valence electrons. The summed E-state index contributed by atoms with van der Waals surface area (Å²) in [5.41, 5.74) is 2.68. The van der Waals surface area contributed by atoms with Crippen molar-refractivity contribution >= 4 is 28.9 Å². The smallest absolute Gasteiger partial charge is 0.408 e. The minimum Gasteiger partial charge on any atom is -0.466 e. The van der Waals surface area contributed by atoms with Crippen molar-refractivity contribution in [1.82, 2.24) is 5.32 Å². The summed E-state index contributed by atoms with van der Waals surface area (Å²) < 4.78 is 10.1. The molecule has 29 heavy (non-hydrogen) atoms. The normalized spacial score (nSPS) is 12.5. The third-order valence-electron chi connectivity index (χ3n) is 4.28. The first-order valence-electron chi connectivity index (χ1n) is 9.18. The molecule has 0 radical (unpaired) electrons. The van der Waals surface area contributed by atoms with E-state index < -0.39 is 18.2 Å². The predicted octanol–water partition coefficient (Wildman–Crippen LogP) is 3.83. The number of methoxy groups -OCH3 is 1. The van der Waals surface area contributed by atoms with Gasteiger partial charge in [0.25, 0.3) is 0 Å². The van der Waals surface area contributed by atoms with Gasteiger partial charge in [-0.1, -0.05) is 66.4 Å². The van der Waals surface area contributed by atoms with Crippen LogP contribution in [0.5, 0.6) is 0 Å². The lowest BCUT2D eigenvalue weighted by Gasteiger charge is -2.21. The molecular weight excluding hydrogens is 390 g/mol. The summed E-state index contributed by atoms with van der Waals surface area (Å²) in [5.74, 6) is -0.271. The molecule has 1 N–H and O–H groups in total. The van der Waals surface area contributed by atoms with Gasteiger partial charge >= 0.3 is 12.1 Å². The average molecular weight is 416 g/mol. The number of carbonyl (C=O) groups is 3. The van der Waals surface area contributed by atoms with E-state index in [1.807, 2.05) is 31.2 Å². The van der Waals surface area contributed by atoms with Crippen LogP contribution in [0, 0.1) is 6.92 Å². The molecular formula is C22H25NO5S. The maximum atomic E-state index is 12.5. The van der Waals surface area contributed by atoms with Crippen LogP contribution in [0.3, 0.4) is 0 Å². The minimum absolute atomic E-state index is 0.0355. The van der Waals surface area contributed by atoms with E-state index in [1.54, 1.807) is 30.3 Å². The van der Waals surface area contributed by atoms with E-state index in [9.17, 15) is 14.4 Å². The number of amides is 1. The second kappa shape index (κ2) is 11.3. The third-order valence-corrected chi connectivity index (χ3v) is 5.26. The summed E-state index contributed by atoms with van der Waals surface area (Å²) in [6.07, 6.45) is -1.37. The Balaban J connectivity index is 2.11. The van der Waals surface area contributed by atoms with Crippen molar-refractivity contribution in [3.05, 3.63) is 71.3 Å². The SMILES string of the molecule is COC(=O)C(OC(=O)NC(CSC(C)=O)Cc1ccccc1C)c1ccccc1. The minimum atomic E-state index is -1.17. The van der Waals surface area contributed by atoms with Gasteiger partial charge in [0.2, 0.25) is 6.10 Å². The van der Waals surface area contributed by atoms with Crippen molar-refractivity contribution in [3.63, 3.8) is 0 Å². The van der Waals surface area contributed by atoms with E-state index >= 15 is 0 Å². The Morgan fingerprint density at radius 2 is 1.69 bits per heavy atom. The van der Waals surface area contributed by atoms with Gasteiger partial charge in [-0.05, 0) is 24.5 Å². The maximum absolute atomic E-state index is 12.5. The van der Waals surface area contributed by atoms with Crippen LogP contribution in [0.1, 0.15) is 29.7 Å². The number of aryl methyl sites for hydroxylation is 1. The Labute approximate surface area is 175 Å². The topological polar surface area (TPSA) is 81.7 Å². The number of ether oxygens (including phenoxy) is 2. The summed E-state index contributed by atoms with van der Waals surface area (Å²) in [4.78, 5) is 36.1. The van der Waals surface area contributed by atoms with Crippen molar-refractivity contribution in [2.24, 2.45) is 0 Å². The molecule has 2 unspecified atom stereocenters. The number of alkyl carbamates (subject to hydrolysis) is 1. The van der Waals surface area contributed by atoms with E-state index in [0.717, 1.165) is 22.9 Å². The predicted molar refractivity (Wildman–Crippen MR) is 113 cm³/mol. The van der Waals surface area contributed by atoms with Gasteiger partial charge in [-0.3, -0.25) is 4.79 Å². The molecule has 7 heteroatoms. The standard InChI is InChI=1S/C22H25NO5S/c1-15-9-7-8-12-18(15)13-19(14-29-16(2)24)23-22(26)28-20(21(25)27-3)17-10-5-4-6-11-17/h4-12,19-20H,13-14H2,1-3H3,(H,23,26). The molecule has 0 aliphatic rings. The van der Waals surface area contributed by atoms with Gasteiger partial charge in [0, 0.05) is 24.3 Å². The lowest BCUT2D eigenvalue weighted by atomic mass is 10.0. The Morgan fingerprint density at radius 1 is 1.03 bits per heavy atom. The lowest BCUT2D eigenvalue weighted by Crippen LogP contribution is -2.40. The quantitative estimate of drug-likeness (QED) is 0.660. The van der Waals surface area contributed by atoms with E-state index in [2.05, 4.69) is 5.32 Å². The molecule has 0 saturated carbocycles. The van der Waals surface area contributed by atoms with Crippen molar-refractivity contribution in [2.75, 3.05) is 12.9 Å². The summed E-state index contributed by atoms with van der Waals surface area (Å²) in [6, 6.07) is 16.2. The second-order valence-corrected chi connectivity index (χ2v) is 7.69. The first-order chi connectivity index (χ1) is 13.9. The molecule has 2 aromatic rings. The average Bonchev–Trinajstić information content (AvgIpc) is 2.72. The second-order valence-electron chi connectivity index (χ2n) is 6.49. The van der Waals surface area contributed by atoms with Crippen molar-refractivity contribution in [1.29, 1.82) is 0 Å². The highest BCUT2D eigenvalue weighted by atomic mass is 32.2. The van der Waals surface area contributed by atoms with Gasteiger partial charge in [-0.2, -0.15) is 0 Å². The first-order valence-corrected chi connectivity index (χ1v) is 10.2. The molecule has 0 aliphatic carbocycles. The number of carbonyl (C=O) groups excluding carboxylic acids is 3. The molecule has 0 aliphatic heterocycles. The molecule has 0 heterocycles. The molecule has 0 bridgehead atoms. The zero-order valence-corrected chi connectivity index (χ0v) is 17.5. The summed E-state index contributed by atoms with van der Waals surface area (Å²) >= 11 is 1.13. The van der Waals surface area contributed by atoms with Gasteiger partial charge in [0.1, 0.15) is 0 Å². The fourth-order valence-electron chi connectivity index (χ4n) is 2.77. The van der Waals surface area contributed by atoms with Gasteiger partial charge in [0.15, 0.2) is 5.12 Å². The van der Waals surface area contributed by atoms with E-state index in [0.29, 0.717) is 17.7 Å². The highest BCUT2D eigenvalue weighted by Crippen LogP contribution is 2.20. The monoisotopic (exact) mass is 415 g/mol. The van der Waals surface area contributed by atoms with E-state index in [1.165, 1.54) is 14.0 Å². The van der Waals surface area contributed by atoms with Crippen LogP contribution in [0.4, 0.5) is 4.79 Å². The summed E-state index contributed by atoms with van der Waals surface area (Å²) in [6.45, 7) is 3.47. The zero-order chi connectivity index (χ0) is 21.2. The molecule has 0 spiro atoms. The number of nitrogens with one attached hydrogen (secondary N) is 1. The van der Waals surface area contributed by atoms with Crippen LogP contribution in [0.2, 0.25) is 0 Å². The molecule has 0 fully saturated rings. The third kappa shape index (κ3) is 7.27. The Hall–Kier alpha value is -2.80. The highest BCUT2D eigenvalue weighted by Gasteiger charge is 2.27. The largest absolute Gasteiger partial charge is 0.466 e. The number of rotatable bonds is 8. The Morgan fingerprint density at radius 3 is 2.31 bits per heavy atom. The number of benzene rings is 2. The molecule has 0 aromatic heterocycles. The van der Waals surface area contributed by atoms with Gasteiger partial charge in [-0.25, -0.2) is 9.59 Å². The lowest BCUT2D eigenvalue weighted by molar-refractivity contribution is -0.151. The Kier molecular flexibility index (Phi) is 8.73. The number of hydrogen-bond acceptors (Lipinski definition) is 6.